The predicted octanol–water partition coefficient (Wildman–Crippen LogP) is 4.65. The third-order valence-electron chi connectivity index (χ3n) is 5.33. The van der Waals surface area contributed by atoms with Crippen LogP contribution < -0.4 is 10.1 Å². The van der Waals surface area contributed by atoms with E-state index in [2.05, 4.69) is 11.9 Å². The Kier molecular flexibility index (Phi) is 4.70. The zero-order chi connectivity index (χ0) is 21.5. The average Bonchev–Trinajstić information content (AvgIpc) is 3.05. The van der Waals surface area contributed by atoms with E-state index >= 15 is 0 Å². The van der Waals surface area contributed by atoms with Crippen molar-refractivity contribution < 1.29 is 23.1 Å². The quantitative estimate of drug-likeness (QED) is 0.391. The van der Waals surface area contributed by atoms with Crippen LogP contribution in [0.3, 0.4) is 0 Å². The maximum atomic E-state index is 14.2. The van der Waals surface area contributed by atoms with Crippen LogP contribution in [0, 0.1) is 18.6 Å². The number of anilines is 1. The molecule has 3 aromatic carbocycles. The van der Waals surface area contributed by atoms with Gasteiger partial charge in [0, 0.05) is 17.2 Å². The molecule has 0 aromatic heterocycles. The lowest BCUT2D eigenvalue weighted by Crippen LogP contribution is -2.37. The molecule has 0 bridgehead atoms. The van der Waals surface area contributed by atoms with Crippen LogP contribution in [0.4, 0.5) is 14.5 Å². The molecule has 1 unspecified atom stereocenters. The smallest absolute Gasteiger partial charge is 0.335 e. The summed E-state index contributed by atoms with van der Waals surface area (Å²) in [6.45, 7) is 4.95. The number of carbonyl (C=O) groups is 2. The Bertz CT molecular complexity index is 1170. The Balaban J connectivity index is 1.95. The number of carbonyl (C=O) groups excluding carboxylic acids is 2. The summed E-state index contributed by atoms with van der Waals surface area (Å²) >= 11 is 0. The highest BCUT2D eigenvalue weighted by atomic mass is 19.1. The van der Waals surface area contributed by atoms with Crippen LogP contribution in [0.5, 0.6) is 5.75 Å². The highest BCUT2D eigenvalue weighted by molar-refractivity contribution is 6.12. The molecule has 0 saturated heterocycles. The maximum absolute atomic E-state index is 14.2. The van der Waals surface area contributed by atoms with Crippen molar-refractivity contribution in [2.75, 3.05) is 5.32 Å². The second-order valence-corrected chi connectivity index (χ2v) is 6.96. The molecule has 0 fully saturated rings. The molecule has 0 radical (unpaired) electrons. The summed E-state index contributed by atoms with van der Waals surface area (Å²) in [7, 11) is 0. The number of hydrogen-bond donors (Lipinski definition) is 1. The molecule has 3 aromatic rings. The van der Waals surface area contributed by atoms with E-state index in [-0.39, 0.29) is 11.7 Å². The van der Waals surface area contributed by atoms with Crippen LogP contribution in [0.15, 0.2) is 73.3 Å². The standard InChI is InChI=1S/C24H17F2NO3/c1-3-21(28)30-18-10-6-16(7-11-18)24(15-4-8-17(25)9-5-15)19-12-13-20(26)14(2)22(19)27-23(24)29/h3-13H,1H2,2H3,(H,27,29). The normalized spacial score (nSPS) is 17.2. The van der Waals surface area contributed by atoms with Crippen LogP contribution in [0.2, 0.25) is 0 Å². The van der Waals surface area contributed by atoms with Gasteiger partial charge in [0.1, 0.15) is 22.8 Å². The fourth-order valence-electron chi connectivity index (χ4n) is 3.86. The SMILES string of the molecule is C=CC(=O)Oc1ccc(C2(c3ccc(F)cc3)C(=O)Nc3c2ccc(F)c3C)cc1. The summed E-state index contributed by atoms with van der Waals surface area (Å²) in [4.78, 5) is 24.8. The van der Waals surface area contributed by atoms with Gasteiger partial charge in [0.05, 0.1) is 5.69 Å². The Morgan fingerprint density at radius 2 is 1.60 bits per heavy atom. The van der Waals surface area contributed by atoms with E-state index in [4.69, 9.17) is 4.74 Å². The van der Waals surface area contributed by atoms with E-state index in [0.29, 0.717) is 27.9 Å². The number of hydrogen-bond acceptors (Lipinski definition) is 3. The van der Waals surface area contributed by atoms with Gasteiger partial charge in [0.2, 0.25) is 5.91 Å². The van der Waals surface area contributed by atoms with Crippen LogP contribution in [0.25, 0.3) is 0 Å². The predicted molar refractivity (Wildman–Crippen MR) is 108 cm³/mol. The first-order chi connectivity index (χ1) is 14.4. The molecule has 0 spiro atoms. The van der Waals surface area contributed by atoms with Gasteiger partial charge in [-0.3, -0.25) is 4.79 Å². The minimum Gasteiger partial charge on any atom is -0.423 e. The summed E-state index contributed by atoms with van der Waals surface area (Å²) < 4.78 is 32.9. The number of benzene rings is 3. The summed E-state index contributed by atoms with van der Waals surface area (Å²) in [6, 6.07) is 14.9. The summed E-state index contributed by atoms with van der Waals surface area (Å²) in [6.07, 6.45) is 1.05. The van der Waals surface area contributed by atoms with Gasteiger partial charge in [-0.1, -0.05) is 36.9 Å². The molecule has 6 heteroatoms. The van der Waals surface area contributed by atoms with Crippen molar-refractivity contribution >= 4 is 17.6 Å². The van der Waals surface area contributed by atoms with Crippen molar-refractivity contribution in [3.8, 4) is 5.75 Å². The van der Waals surface area contributed by atoms with Gasteiger partial charge in [-0.15, -0.1) is 0 Å². The van der Waals surface area contributed by atoms with Gasteiger partial charge in [-0.2, -0.15) is 0 Å². The zero-order valence-electron chi connectivity index (χ0n) is 16.0. The number of nitrogens with one attached hydrogen (secondary N) is 1. The van der Waals surface area contributed by atoms with E-state index < -0.39 is 23.0 Å². The first kappa shape index (κ1) is 19.5. The summed E-state index contributed by atoms with van der Waals surface area (Å²) in [5.41, 5.74) is 1.06. The molecule has 30 heavy (non-hydrogen) atoms. The Morgan fingerprint density at radius 3 is 2.20 bits per heavy atom. The van der Waals surface area contributed by atoms with Crippen LogP contribution >= 0.6 is 0 Å². The fourth-order valence-corrected chi connectivity index (χ4v) is 3.86. The molecule has 4 rings (SSSR count). The van der Waals surface area contributed by atoms with Crippen LogP contribution in [-0.2, 0) is 15.0 Å². The van der Waals surface area contributed by atoms with Gasteiger partial charge in [-0.25, -0.2) is 13.6 Å². The highest BCUT2D eigenvalue weighted by Crippen LogP contribution is 2.49. The van der Waals surface area contributed by atoms with Gasteiger partial charge in [-0.05, 0) is 48.4 Å². The number of esters is 1. The summed E-state index contributed by atoms with van der Waals surface area (Å²) in [5.74, 6) is -1.57. The first-order valence-corrected chi connectivity index (χ1v) is 9.19. The molecule has 150 valence electrons. The molecule has 1 aliphatic rings. The molecule has 1 atom stereocenters. The van der Waals surface area contributed by atoms with E-state index in [1.165, 1.54) is 30.3 Å². The number of amides is 1. The van der Waals surface area contributed by atoms with E-state index in [1.807, 2.05) is 0 Å². The van der Waals surface area contributed by atoms with E-state index in [1.54, 1.807) is 37.3 Å². The van der Waals surface area contributed by atoms with Gasteiger partial charge < -0.3 is 10.1 Å². The highest BCUT2D eigenvalue weighted by Gasteiger charge is 2.50. The van der Waals surface area contributed by atoms with Crippen LogP contribution in [0.1, 0.15) is 22.3 Å². The van der Waals surface area contributed by atoms with E-state index in [9.17, 15) is 18.4 Å². The molecule has 1 N–H and O–H groups in total. The molecular formula is C24H17F2NO3. The Hall–Kier alpha value is -3.80. The van der Waals surface area contributed by atoms with Crippen molar-refractivity contribution in [3.63, 3.8) is 0 Å². The third kappa shape index (κ3) is 2.88. The van der Waals surface area contributed by atoms with Gasteiger partial charge >= 0.3 is 5.97 Å². The molecule has 1 heterocycles. The minimum absolute atomic E-state index is 0.284. The second kappa shape index (κ2) is 7.22. The topological polar surface area (TPSA) is 55.4 Å². The zero-order valence-corrected chi connectivity index (χ0v) is 16.0. The summed E-state index contributed by atoms with van der Waals surface area (Å²) in [5, 5.41) is 2.79. The monoisotopic (exact) mass is 405 g/mol. The number of halogens is 2. The minimum atomic E-state index is -1.32. The molecular weight excluding hydrogens is 388 g/mol. The molecule has 1 aliphatic heterocycles. The van der Waals surface area contributed by atoms with Gasteiger partial charge in [0.25, 0.3) is 0 Å². The second-order valence-electron chi connectivity index (χ2n) is 6.96. The van der Waals surface area contributed by atoms with Gasteiger partial charge in [0.15, 0.2) is 0 Å². The lowest BCUT2D eigenvalue weighted by molar-refractivity contribution is -0.129. The average molecular weight is 405 g/mol. The maximum Gasteiger partial charge on any atom is 0.335 e. The van der Waals surface area contributed by atoms with Crippen molar-refractivity contribution in [2.45, 2.75) is 12.3 Å². The Labute approximate surface area is 171 Å². The largest absolute Gasteiger partial charge is 0.423 e. The van der Waals surface area contributed by atoms with Crippen molar-refractivity contribution in [1.82, 2.24) is 0 Å². The van der Waals surface area contributed by atoms with Crippen molar-refractivity contribution in [1.29, 1.82) is 0 Å². The fraction of sp³-hybridized carbons (Fsp3) is 0.0833. The Morgan fingerprint density at radius 1 is 1.00 bits per heavy atom. The van der Waals surface area contributed by atoms with E-state index in [0.717, 1.165) is 6.08 Å². The number of fused-ring (bicyclic) bond motifs is 1. The lowest BCUT2D eigenvalue weighted by atomic mass is 9.70. The molecule has 0 saturated carbocycles. The van der Waals surface area contributed by atoms with Crippen LogP contribution in [-0.4, -0.2) is 11.9 Å². The third-order valence-corrected chi connectivity index (χ3v) is 5.33. The molecule has 4 nitrogen and oxygen atoms in total. The molecule has 1 amide bonds. The number of rotatable bonds is 4. The number of ether oxygens (including phenoxy) is 1. The van der Waals surface area contributed by atoms with Crippen molar-refractivity contribution in [3.05, 3.63) is 107 Å². The van der Waals surface area contributed by atoms with Crippen molar-refractivity contribution in [2.24, 2.45) is 0 Å². The molecule has 0 aliphatic carbocycles. The lowest BCUT2D eigenvalue weighted by Gasteiger charge is -2.29. The first-order valence-electron chi connectivity index (χ1n) is 9.19.